The molecule has 0 saturated carbocycles. The summed E-state index contributed by atoms with van der Waals surface area (Å²) in [5, 5.41) is 0. The van der Waals surface area contributed by atoms with Crippen molar-refractivity contribution < 1.29 is 8.81 Å². The maximum Gasteiger partial charge on any atom is 0.231 e. The Morgan fingerprint density at radius 2 is 1.88 bits per heavy atom. The van der Waals surface area contributed by atoms with Crippen LogP contribution in [-0.2, 0) is 0 Å². The largest absolute Gasteiger partial charge is 0.434 e. The van der Waals surface area contributed by atoms with Gasteiger partial charge in [0.2, 0.25) is 5.89 Å². The van der Waals surface area contributed by atoms with Crippen LogP contribution in [0.1, 0.15) is 0 Å². The molecule has 0 atom stereocenters. The Morgan fingerprint density at radius 3 is 2.71 bits per heavy atom. The van der Waals surface area contributed by atoms with E-state index in [9.17, 15) is 4.39 Å². The number of halogens is 2. The molecular weight excluding hydrogens is 287 g/mol. The minimum atomic E-state index is -0.363. The van der Waals surface area contributed by atoms with Gasteiger partial charge in [-0.3, -0.25) is 0 Å². The maximum atomic E-state index is 13.6. The first kappa shape index (κ1) is 10.4. The van der Waals surface area contributed by atoms with E-state index >= 15 is 0 Å². The molecule has 0 saturated heterocycles. The van der Waals surface area contributed by atoms with Crippen molar-refractivity contribution >= 4 is 27.2 Å². The second kappa shape index (κ2) is 3.92. The fourth-order valence-electron chi connectivity index (χ4n) is 1.55. The summed E-state index contributed by atoms with van der Waals surface area (Å²) in [6, 6.07) is 9.83. The number of pyridine rings is 1. The number of fused-ring (bicyclic) bond motifs is 1. The lowest BCUT2D eigenvalue weighted by atomic mass is 10.2. The third-order valence-corrected chi connectivity index (χ3v) is 2.77. The van der Waals surface area contributed by atoms with Crippen molar-refractivity contribution in [1.82, 2.24) is 9.97 Å². The van der Waals surface area contributed by atoms with Crippen LogP contribution in [0.4, 0.5) is 4.39 Å². The normalized spacial score (nSPS) is 10.9. The van der Waals surface area contributed by atoms with Gasteiger partial charge in [-0.1, -0.05) is 12.1 Å². The van der Waals surface area contributed by atoms with Gasteiger partial charge in [-0.2, -0.15) is 4.98 Å². The number of benzene rings is 1. The summed E-state index contributed by atoms with van der Waals surface area (Å²) in [4.78, 5) is 8.30. The highest BCUT2D eigenvalue weighted by molar-refractivity contribution is 9.10. The van der Waals surface area contributed by atoms with Gasteiger partial charge in [0.25, 0.3) is 0 Å². The third kappa shape index (κ3) is 1.82. The lowest BCUT2D eigenvalue weighted by Gasteiger charge is -1.95. The zero-order chi connectivity index (χ0) is 11.8. The quantitative estimate of drug-likeness (QED) is 0.641. The Kier molecular flexibility index (Phi) is 2.40. The van der Waals surface area contributed by atoms with Crippen LogP contribution in [0.25, 0.3) is 22.7 Å². The minimum Gasteiger partial charge on any atom is -0.434 e. The Hall–Kier alpha value is -1.75. The van der Waals surface area contributed by atoms with Crippen LogP contribution in [0.3, 0.4) is 0 Å². The van der Waals surface area contributed by atoms with Gasteiger partial charge in [0, 0.05) is 0 Å². The van der Waals surface area contributed by atoms with Crippen LogP contribution < -0.4 is 0 Å². The Balaban J connectivity index is 2.22. The van der Waals surface area contributed by atoms with Crippen molar-refractivity contribution in [3.05, 3.63) is 46.8 Å². The maximum absolute atomic E-state index is 13.6. The average Bonchev–Trinajstić information content (AvgIpc) is 2.72. The molecule has 0 bridgehead atoms. The summed E-state index contributed by atoms with van der Waals surface area (Å²) in [5.74, 6) is -0.123. The molecule has 84 valence electrons. The fourth-order valence-corrected chi connectivity index (χ4v) is 1.85. The Labute approximate surface area is 104 Å². The van der Waals surface area contributed by atoms with Gasteiger partial charge < -0.3 is 4.42 Å². The highest BCUT2D eigenvalue weighted by atomic mass is 79.9. The molecule has 3 nitrogen and oxygen atoms in total. The molecule has 2 heterocycles. The van der Waals surface area contributed by atoms with Gasteiger partial charge in [0.1, 0.15) is 10.4 Å². The van der Waals surface area contributed by atoms with E-state index in [1.165, 1.54) is 6.07 Å². The molecule has 0 N–H and O–H groups in total. The molecule has 3 aromatic rings. The van der Waals surface area contributed by atoms with Crippen LogP contribution in [0.2, 0.25) is 0 Å². The number of aromatic nitrogens is 2. The molecule has 0 unspecified atom stereocenters. The van der Waals surface area contributed by atoms with Crippen molar-refractivity contribution in [3.63, 3.8) is 0 Å². The van der Waals surface area contributed by atoms with Crippen molar-refractivity contribution in [2.75, 3.05) is 0 Å². The molecule has 5 heteroatoms. The number of nitrogens with zero attached hydrogens (tertiary/aromatic N) is 2. The van der Waals surface area contributed by atoms with Crippen LogP contribution in [0, 0.1) is 5.82 Å². The molecule has 0 radical (unpaired) electrons. The first-order valence-electron chi connectivity index (χ1n) is 4.92. The summed E-state index contributed by atoms with van der Waals surface area (Å²) in [6.45, 7) is 0. The monoisotopic (exact) mass is 292 g/mol. The van der Waals surface area contributed by atoms with E-state index in [1.54, 1.807) is 30.3 Å². The van der Waals surface area contributed by atoms with E-state index in [0.29, 0.717) is 21.4 Å². The molecule has 1 aromatic carbocycles. The van der Waals surface area contributed by atoms with Crippen molar-refractivity contribution in [2.45, 2.75) is 0 Å². The number of hydrogen-bond acceptors (Lipinski definition) is 3. The third-order valence-electron chi connectivity index (χ3n) is 2.32. The summed E-state index contributed by atoms with van der Waals surface area (Å²) in [6.07, 6.45) is 0. The summed E-state index contributed by atoms with van der Waals surface area (Å²) in [5.41, 5.74) is 1.32. The first-order chi connectivity index (χ1) is 8.24. The molecule has 0 aliphatic rings. The summed E-state index contributed by atoms with van der Waals surface area (Å²) >= 11 is 3.25. The van der Waals surface area contributed by atoms with Gasteiger partial charge in [-0.05, 0) is 40.2 Å². The Morgan fingerprint density at radius 1 is 1.06 bits per heavy atom. The van der Waals surface area contributed by atoms with E-state index < -0.39 is 0 Å². The topological polar surface area (TPSA) is 38.9 Å². The molecule has 0 fully saturated rings. The first-order valence-corrected chi connectivity index (χ1v) is 5.71. The highest BCUT2D eigenvalue weighted by Crippen LogP contribution is 2.26. The number of oxazole rings is 1. The second-order valence-electron chi connectivity index (χ2n) is 3.45. The SMILES string of the molecule is Fc1ccccc1-c1nc2nc(Br)ccc2o1. The summed E-state index contributed by atoms with van der Waals surface area (Å²) < 4.78 is 19.7. The summed E-state index contributed by atoms with van der Waals surface area (Å²) in [7, 11) is 0. The number of rotatable bonds is 1. The molecular formula is C12H6BrFN2O. The van der Waals surface area contributed by atoms with Gasteiger partial charge in [-0.15, -0.1) is 0 Å². The van der Waals surface area contributed by atoms with Gasteiger partial charge in [-0.25, -0.2) is 9.37 Å². The predicted octanol–water partition coefficient (Wildman–Crippen LogP) is 3.79. The van der Waals surface area contributed by atoms with E-state index in [4.69, 9.17) is 4.42 Å². The minimum absolute atomic E-state index is 0.240. The lowest BCUT2D eigenvalue weighted by Crippen LogP contribution is -1.83. The Bertz CT molecular complexity index is 696. The van der Waals surface area contributed by atoms with E-state index in [1.807, 2.05) is 0 Å². The predicted molar refractivity (Wildman–Crippen MR) is 64.9 cm³/mol. The molecule has 17 heavy (non-hydrogen) atoms. The number of hydrogen-bond donors (Lipinski definition) is 0. The molecule has 0 amide bonds. The molecule has 0 aliphatic carbocycles. The van der Waals surface area contributed by atoms with E-state index in [2.05, 4.69) is 25.9 Å². The molecule has 3 rings (SSSR count). The smallest absolute Gasteiger partial charge is 0.231 e. The highest BCUT2D eigenvalue weighted by Gasteiger charge is 2.12. The van der Waals surface area contributed by atoms with Crippen molar-refractivity contribution in [2.24, 2.45) is 0 Å². The van der Waals surface area contributed by atoms with E-state index in [-0.39, 0.29) is 11.7 Å². The average molecular weight is 293 g/mol. The van der Waals surface area contributed by atoms with Crippen LogP contribution >= 0.6 is 15.9 Å². The van der Waals surface area contributed by atoms with Gasteiger partial charge >= 0.3 is 0 Å². The van der Waals surface area contributed by atoms with Crippen LogP contribution in [-0.4, -0.2) is 9.97 Å². The molecule has 0 spiro atoms. The van der Waals surface area contributed by atoms with Crippen LogP contribution in [0.5, 0.6) is 0 Å². The lowest BCUT2D eigenvalue weighted by molar-refractivity contribution is 0.593. The fraction of sp³-hybridized carbons (Fsp3) is 0. The van der Waals surface area contributed by atoms with Gasteiger partial charge in [0.05, 0.1) is 5.56 Å². The zero-order valence-electron chi connectivity index (χ0n) is 8.52. The van der Waals surface area contributed by atoms with Crippen molar-refractivity contribution in [3.8, 4) is 11.5 Å². The molecule has 0 aliphatic heterocycles. The zero-order valence-corrected chi connectivity index (χ0v) is 10.1. The van der Waals surface area contributed by atoms with Crippen LogP contribution in [0.15, 0.2) is 45.4 Å². The second-order valence-corrected chi connectivity index (χ2v) is 4.27. The van der Waals surface area contributed by atoms with Gasteiger partial charge in [0.15, 0.2) is 11.2 Å². The standard InChI is InChI=1S/C12H6BrFN2O/c13-10-6-5-9-11(15-10)16-12(17-9)7-3-1-2-4-8(7)14/h1-6H. The van der Waals surface area contributed by atoms with Crippen molar-refractivity contribution in [1.29, 1.82) is 0 Å². The molecule has 2 aromatic heterocycles. The van der Waals surface area contributed by atoms with E-state index in [0.717, 1.165) is 0 Å².